The largest absolute Gasteiger partial charge is 0.491 e. The second-order valence-corrected chi connectivity index (χ2v) is 8.63. The number of amides is 1. The van der Waals surface area contributed by atoms with Crippen LogP contribution in [0.5, 0.6) is 11.5 Å². The SMILES string of the molecule is Cc1ccc(OCC(C)NC(=O)COc2ccc(C(C)(C)C)cc2Br)cc1. The molecule has 0 aliphatic carbocycles. The van der Waals surface area contributed by atoms with E-state index in [9.17, 15) is 4.79 Å². The van der Waals surface area contributed by atoms with E-state index in [1.54, 1.807) is 0 Å². The van der Waals surface area contributed by atoms with E-state index >= 15 is 0 Å². The van der Waals surface area contributed by atoms with E-state index in [4.69, 9.17) is 9.47 Å². The van der Waals surface area contributed by atoms with Crippen molar-refractivity contribution in [2.24, 2.45) is 0 Å². The predicted molar refractivity (Wildman–Crippen MR) is 113 cm³/mol. The number of hydrogen-bond acceptors (Lipinski definition) is 3. The van der Waals surface area contributed by atoms with Crippen LogP contribution < -0.4 is 14.8 Å². The molecule has 0 fully saturated rings. The first-order valence-corrected chi connectivity index (χ1v) is 9.86. The van der Waals surface area contributed by atoms with Crippen LogP contribution in [-0.4, -0.2) is 25.2 Å². The maximum absolute atomic E-state index is 12.1. The van der Waals surface area contributed by atoms with Crippen molar-refractivity contribution >= 4 is 21.8 Å². The smallest absolute Gasteiger partial charge is 0.258 e. The Labute approximate surface area is 170 Å². The lowest BCUT2D eigenvalue weighted by Gasteiger charge is -2.20. The molecule has 0 aliphatic heterocycles. The molecule has 0 bridgehead atoms. The third kappa shape index (κ3) is 6.90. The molecule has 0 heterocycles. The Morgan fingerprint density at radius 2 is 1.78 bits per heavy atom. The molecule has 0 radical (unpaired) electrons. The molecule has 0 saturated heterocycles. The molecule has 2 rings (SSSR count). The molecule has 5 heteroatoms. The molecule has 146 valence electrons. The van der Waals surface area contributed by atoms with Crippen LogP contribution in [0.25, 0.3) is 0 Å². The highest BCUT2D eigenvalue weighted by atomic mass is 79.9. The second-order valence-electron chi connectivity index (χ2n) is 7.78. The van der Waals surface area contributed by atoms with Gasteiger partial charge in [0.25, 0.3) is 5.91 Å². The van der Waals surface area contributed by atoms with Gasteiger partial charge in [0, 0.05) is 0 Å². The van der Waals surface area contributed by atoms with E-state index in [0.29, 0.717) is 12.4 Å². The first kappa shape index (κ1) is 21.3. The third-order valence-electron chi connectivity index (χ3n) is 4.09. The highest BCUT2D eigenvalue weighted by Gasteiger charge is 2.16. The van der Waals surface area contributed by atoms with Crippen LogP contribution >= 0.6 is 15.9 Å². The molecule has 2 aromatic rings. The van der Waals surface area contributed by atoms with E-state index in [1.165, 1.54) is 11.1 Å². The molecule has 0 aromatic heterocycles. The van der Waals surface area contributed by atoms with E-state index in [-0.39, 0.29) is 24.0 Å². The molecule has 1 atom stereocenters. The van der Waals surface area contributed by atoms with Gasteiger partial charge in [-0.05, 0) is 65.0 Å². The Hall–Kier alpha value is -2.01. The van der Waals surface area contributed by atoms with Crippen LogP contribution in [0.4, 0.5) is 0 Å². The number of aryl methyl sites for hydroxylation is 1. The Morgan fingerprint density at radius 3 is 2.37 bits per heavy atom. The van der Waals surface area contributed by atoms with Gasteiger partial charge in [-0.2, -0.15) is 0 Å². The zero-order valence-electron chi connectivity index (χ0n) is 16.6. The van der Waals surface area contributed by atoms with Gasteiger partial charge >= 0.3 is 0 Å². The Kier molecular flexibility index (Phi) is 7.31. The number of ether oxygens (including phenoxy) is 2. The molecular formula is C22H28BrNO3. The average molecular weight is 434 g/mol. The molecule has 1 amide bonds. The minimum atomic E-state index is -0.179. The van der Waals surface area contributed by atoms with Gasteiger partial charge in [0.05, 0.1) is 10.5 Å². The Balaban J connectivity index is 1.79. The molecule has 27 heavy (non-hydrogen) atoms. The highest BCUT2D eigenvalue weighted by molar-refractivity contribution is 9.10. The second kappa shape index (κ2) is 9.27. The summed E-state index contributed by atoms with van der Waals surface area (Å²) in [6.07, 6.45) is 0. The molecule has 4 nitrogen and oxygen atoms in total. The van der Waals surface area contributed by atoms with Crippen molar-refractivity contribution in [2.45, 2.75) is 46.1 Å². The molecule has 2 aromatic carbocycles. The Bertz CT molecular complexity index is 766. The summed E-state index contributed by atoms with van der Waals surface area (Å²) in [5, 5.41) is 2.88. The molecule has 1 N–H and O–H groups in total. The summed E-state index contributed by atoms with van der Waals surface area (Å²) in [6, 6.07) is 13.7. The van der Waals surface area contributed by atoms with Gasteiger partial charge in [-0.25, -0.2) is 0 Å². The number of benzene rings is 2. The van der Waals surface area contributed by atoms with Crippen molar-refractivity contribution in [3.8, 4) is 11.5 Å². The van der Waals surface area contributed by atoms with Gasteiger partial charge < -0.3 is 14.8 Å². The van der Waals surface area contributed by atoms with E-state index in [0.717, 1.165) is 10.2 Å². The van der Waals surface area contributed by atoms with Crippen LogP contribution in [0.15, 0.2) is 46.9 Å². The summed E-state index contributed by atoms with van der Waals surface area (Å²) in [5.41, 5.74) is 2.45. The highest BCUT2D eigenvalue weighted by Crippen LogP contribution is 2.31. The van der Waals surface area contributed by atoms with Crippen LogP contribution in [-0.2, 0) is 10.2 Å². The van der Waals surface area contributed by atoms with Crippen molar-refractivity contribution in [1.82, 2.24) is 5.32 Å². The number of carbonyl (C=O) groups is 1. The minimum Gasteiger partial charge on any atom is -0.491 e. The fourth-order valence-corrected chi connectivity index (χ4v) is 2.93. The lowest BCUT2D eigenvalue weighted by Crippen LogP contribution is -2.39. The standard InChI is InChI=1S/C22H28BrNO3/c1-15-6-9-18(10-7-15)26-13-16(2)24-21(25)14-27-20-11-8-17(12-19(20)23)22(3,4)5/h6-12,16H,13-14H2,1-5H3,(H,24,25). The van der Waals surface area contributed by atoms with Crippen molar-refractivity contribution in [3.05, 3.63) is 58.1 Å². The van der Waals surface area contributed by atoms with Gasteiger partial charge in [-0.15, -0.1) is 0 Å². The van der Waals surface area contributed by atoms with Crippen molar-refractivity contribution in [1.29, 1.82) is 0 Å². The number of carbonyl (C=O) groups excluding carboxylic acids is 1. The van der Waals surface area contributed by atoms with Crippen LogP contribution in [0.1, 0.15) is 38.8 Å². The normalized spacial score (nSPS) is 12.4. The number of hydrogen-bond donors (Lipinski definition) is 1. The van der Waals surface area contributed by atoms with Gasteiger partial charge in [0.2, 0.25) is 0 Å². The van der Waals surface area contributed by atoms with Gasteiger partial charge in [0.1, 0.15) is 18.1 Å². The molecule has 0 spiro atoms. The maximum Gasteiger partial charge on any atom is 0.258 e. The topological polar surface area (TPSA) is 47.6 Å². The summed E-state index contributed by atoms with van der Waals surface area (Å²) >= 11 is 3.52. The van der Waals surface area contributed by atoms with E-state index in [1.807, 2.05) is 56.3 Å². The molecule has 0 saturated carbocycles. The summed E-state index contributed by atoms with van der Waals surface area (Å²) in [7, 11) is 0. The maximum atomic E-state index is 12.1. The van der Waals surface area contributed by atoms with Crippen molar-refractivity contribution in [2.75, 3.05) is 13.2 Å². The van der Waals surface area contributed by atoms with Crippen LogP contribution in [0, 0.1) is 6.92 Å². The molecule has 0 aliphatic rings. The van der Waals surface area contributed by atoms with E-state index in [2.05, 4.69) is 42.0 Å². The summed E-state index contributed by atoms with van der Waals surface area (Å²) in [4.78, 5) is 12.1. The summed E-state index contributed by atoms with van der Waals surface area (Å²) in [5.74, 6) is 1.27. The van der Waals surface area contributed by atoms with Gasteiger partial charge in [-0.3, -0.25) is 4.79 Å². The number of nitrogens with one attached hydrogen (secondary N) is 1. The van der Waals surface area contributed by atoms with Crippen LogP contribution in [0.3, 0.4) is 0 Å². The lowest BCUT2D eigenvalue weighted by atomic mass is 9.87. The minimum absolute atomic E-state index is 0.0393. The monoisotopic (exact) mass is 433 g/mol. The quantitative estimate of drug-likeness (QED) is 0.666. The zero-order valence-corrected chi connectivity index (χ0v) is 18.2. The summed E-state index contributed by atoms with van der Waals surface area (Å²) in [6.45, 7) is 10.8. The van der Waals surface area contributed by atoms with Crippen molar-refractivity contribution < 1.29 is 14.3 Å². The number of rotatable bonds is 7. The molecular weight excluding hydrogens is 406 g/mol. The summed E-state index contributed by atoms with van der Waals surface area (Å²) < 4.78 is 12.2. The fraction of sp³-hybridized carbons (Fsp3) is 0.409. The lowest BCUT2D eigenvalue weighted by molar-refractivity contribution is -0.123. The fourth-order valence-electron chi connectivity index (χ4n) is 2.44. The van der Waals surface area contributed by atoms with Crippen LogP contribution in [0.2, 0.25) is 0 Å². The Morgan fingerprint density at radius 1 is 1.11 bits per heavy atom. The number of halogens is 1. The average Bonchev–Trinajstić information content (AvgIpc) is 2.59. The first-order chi connectivity index (χ1) is 12.6. The van der Waals surface area contributed by atoms with Gasteiger partial charge in [0.15, 0.2) is 6.61 Å². The zero-order chi connectivity index (χ0) is 20.0. The van der Waals surface area contributed by atoms with Gasteiger partial charge in [-0.1, -0.05) is 44.5 Å². The predicted octanol–water partition coefficient (Wildman–Crippen LogP) is 5.02. The molecule has 1 unspecified atom stereocenters. The van der Waals surface area contributed by atoms with Crippen molar-refractivity contribution in [3.63, 3.8) is 0 Å². The van der Waals surface area contributed by atoms with E-state index < -0.39 is 0 Å². The third-order valence-corrected chi connectivity index (χ3v) is 4.70. The first-order valence-electron chi connectivity index (χ1n) is 9.07.